The number of pyridine rings is 1. The minimum Gasteiger partial charge on any atom is -0.480 e. The molecule has 4 heterocycles. The summed E-state index contributed by atoms with van der Waals surface area (Å²) in [5.74, 6) is 0.596. The van der Waals surface area contributed by atoms with Gasteiger partial charge in [-0.15, -0.1) is 11.3 Å². The highest BCUT2D eigenvalue weighted by Crippen LogP contribution is 2.40. The maximum Gasteiger partial charge on any atom is 0.320 e. The van der Waals surface area contributed by atoms with Crippen LogP contribution in [0.4, 0.5) is 4.39 Å². The molecule has 0 amide bonds. The van der Waals surface area contributed by atoms with Gasteiger partial charge in [-0.3, -0.25) is 14.7 Å². The Hall–Kier alpha value is -2.68. The number of carboxylic acid groups (broad SMARTS) is 1. The highest BCUT2D eigenvalue weighted by Gasteiger charge is 2.42. The summed E-state index contributed by atoms with van der Waals surface area (Å²) in [5.41, 5.74) is 2.19. The molecular weight excluding hydrogens is 511 g/mol. The Morgan fingerprint density at radius 3 is 2.67 bits per heavy atom. The lowest BCUT2D eigenvalue weighted by Crippen LogP contribution is -2.41. The highest BCUT2D eigenvalue weighted by atomic mass is 32.1. The summed E-state index contributed by atoms with van der Waals surface area (Å²) in [4.78, 5) is 27.2. The molecule has 0 unspecified atom stereocenters. The molecule has 1 N–H and O–H groups in total. The lowest BCUT2D eigenvalue weighted by Gasteiger charge is -2.34. The first-order chi connectivity index (χ1) is 19.0. The predicted molar refractivity (Wildman–Crippen MR) is 151 cm³/mol. The first-order valence-electron chi connectivity index (χ1n) is 14.3. The van der Waals surface area contributed by atoms with Crippen LogP contribution in [0.15, 0.2) is 55.0 Å². The Bertz CT molecular complexity index is 1260. The van der Waals surface area contributed by atoms with Crippen LogP contribution >= 0.6 is 11.3 Å². The molecular formula is C31H37FN4O2S. The van der Waals surface area contributed by atoms with Crippen molar-refractivity contribution in [1.29, 1.82) is 0 Å². The summed E-state index contributed by atoms with van der Waals surface area (Å²) in [5, 5.41) is 11.2. The number of likely N-dealkylation sites (tertiary alicyclic amines) is 2. The van der Waals surface area contributed by atoms with Crippen molar-refractivity contribution in [2.75, 3.05) is 32.7 Å². The van der Waals surface area contributed by atoms with Crippen LogP contribution in [0, 0.1) is 17.7 Å². The Morgan fingerprint density at radius 2 is 1.95 bits per heavy atom. The van der Waals surface area contributed by atoms with E-state index in [1.165, 1.54) is 16.5 Å². The van der Waals surface area contributed by atoms with Gasteiger partial charge in [0.1, 0.15) is 11.9 Å². The minimum atomic E-state index is -0.714. The number of thiazole rings is 1. The molecule has 0 bridgehead atoms. The van der Waals surface area contributed by atoms with E-state index in [0.29, 0.717) is 24.3 Å². The first-order valence-corrected chi connectivity index (χ1v) is 15.1. The smallest absolute Gasteiger partial charge is 0.320 e. The average molecular weight is 549 g/mol. The van der Waals surface area contributed by atoms with Crippen molar-refractivity contribution in [3.63, 3.8) is 0 Å². The number of rotatable bonds is 10. The number of carboxylic acids is 1. The van der Waals surface area contributed by atoms with Gasteiger partial charge >= 0.3 is 5.97 Å². The normalized spacial score (nSPS) is 23.7. The standard InChI is InChI=1S/C31H37FN4O2S/c32-26-5-1-4-24(15-26)27-20-36(28(31(37)38)13-21-6-7-21)19-25(27)18-35-11-8-23(9-12-35)29-17-34-30(39-29)14-22-3-2-10-33-16-22/h1-5,10,15-17,21,23,25,27-28H,6-9,11-14,18-20H2,(H,37,38)/t25-,27+,28+/m0/s1. The van der Waals surface area contributed by atoms with Crippen LogP contribution in [-0.4, -0.2) is 69.6 Å². The largest absolute Gasteiger partial charge is 0.480 e. The molecule has 1 aliphatic carbocycles. The van der Waals surface area contributed by atoms with Gasteiger partial charge in [-0.2, -0.15) is 0 Å². The van der Waals surface area contributed by atoms with Gasteiger partial charge in [-0.1, -0.05) is 31.0 Å². The van der Waals surface area contributed by atoms with Gasteiger partial charge in [0, 0.05) is 55.4 Å². The molecule has 3 fully saturated rings. The third kappa shape index (κ3) is 6.56. The van der Waals surface area contributed by atoms with Gasteiger partial charge in [-0.05, 0) is 79.4 Å². The van der Waals surface area contributed by atoms with Crippen LogP contribution in [-0.2, 0) is 11.2 Å². The number of aliphatic carboxylic acids is 1. The van der Waals surface area contributed by atoms with Crippen LogP contribution in [0.1, 0.15) is 65.0 Å². The van der Waals surface area contributed by atoms with Crippen molar-refractivity contribution in [2.45, 2.75) is 56.4 Å². The lowest BCUT2D eigenvalue weighted by atomic mass is 9.87. The van der Waals surface area contributed by atoms with E-state index in [1.807, 2.05) is 29.7 Å². The number of benzene rings is 1. The van der Waals surface area contributed by atoms with E-state index >= 15 is 0 Å². The number of hydrogen-bond donors (Lipinski definition) is 1. The van der Waals surface area contributed by atoms with E-state index in [1.54, 1.807) is 18.3 Å². The van der Waals surface area contributed by atoms with E-state index in [-0.39, 0.29) is 11.7 Å². The van der Waals surface area contributed by atoms with Crippen molar-refractivity contribution in [1.82, 2.24) is 19.8 Å². The van der Waals surface area contributed by atoms with Crippen molar-refractivity contribution in [3.8, 4) is 0 Å². The summed E-state index contributed by atoms with van der Waals surface area (Å²) >= 11 is 1.83. The number of hydrogen-bond acceptors (Lipinski definition) is 6. The van der Waals surface area contributed by atoms with E-state index in [0.717, 1.165) is 75.3 Å². The van der Waals surface area contributed by atoms with E-state index < -0.39 is 12.0 Å². The van der Waals surface area contributed by atoms with Gasteiger partial charge in [-0.25, -0.2) is 9.37 Å². The first kappa shape index (κ1) is 26.5. The minimum absolute atomic E-state index is 0.149. The maximum atomic E-state index is 14.2. The monoisotopic (exact) mass is 548 g/mol. The molecule has 3 atom stereocenters. The van der Waals surface area contributed by atoms with Gasteiger partial charge in [0.15, 0.2) is 0 Å². The summed E-state index contributed by atoms with van der Waals surface area (Å²) in [6.07, 6.45) is 11.8. The lowest BCUT2D eigenvalue weighted by molar-refractivity contribution is -0.143. The molecule has 0 radical (unpaired) electrons. The summed E-state index contributed by atoms with van der Waals surface area (Å²) in [6.45, 7) is 4.43. The average Bonchev–Trinajstić information content (AvgIpc) is 3.49. The Kier molecular flexibility index (Phi) is 8.04. The zero-order chi connectivity index (χ0) is 26.8. The van der Waals surface area contributed by atoms with Crippen molar-refractivity contribution in [2.24, 2.45) is 11.8 Å². The molecule has 2 aliphatic heterocycles. The number of carbonyl (C=O) groups is 1. The van der Waals surface area contributed by atoms with Crippen LogP contribution < -0.4 is 0 Å². The van der Waals surface area contributed by atoms with Crippen LogP contribution in [0.25, 0.3) is 0 Å². The van der Waals surface area contributed by atoms with Crippen molar-refractivity contribution in [3.05, 3.63) is 81.8 Å². The zero-order valence-electron chi connectivity index (χ0n) is 22.3. The highest BCUT2D eigenvalue weighted by molar-refractivity contribution is 7.11. The fourth-order valence-corrected chi connectivity index (χ4v) is 7.66. The fraction of sp³-hybridized carbons (Fsp3) is 0.516. The van der Waals surface area contributed by atoms with E-state index in [9.17, 15) is 14.3 Å². The molecule has 1 aromatic carbocycles. The third-order valence-electron chi connectivity index (χ3n) is 8.86. The van der Waals surface area contributed by atoms with Crippen molar-refractivity contribution >= 4 is 17.3 Å². The third-order valence-corrected chi connectivity index (χ3v) is 10.0. The Balaban J connectivity index is 1.09. The molecule has 1 saturated carbocycles. The SMILES string of the molecule is O=C(O)[C@@H](CC1CC1)N1C[C@H](CN2CCC(c3cnc(Cc4cccnc4)s3)CC2)[C@@H](c2cccc(F)c2)C1. The molecule has 8 heteroatoms. The molecule has 3 aliphatic rings. The summed E-state index contributed by atoms with van der Waals surface area (Å²) in [7, 11) is 0. The van der Waals surface area contributed by atoms with Gasteiger partial charge in [0.05, 0.1) is 5.01 Å². The quantitative estimate of drug-likeness (QED) is 0.365. The number of aromatic nitrogens is 2. The number of piperidine rings is 1. The Morgan fingerprint density at radius 1 is 1.10 bits per heavy atom. The van der Waals surface area contributed by atoms with E-state index in [4.69, 9.17) is 4.98 Å². The number of halogens is 1. The molecule has 206 valence electrons. The molecule has 0 spiro atoms. The van der Waals surface area contributed by atoms with Crippen molar-refractivity contribution < 1.29 is 14.3 Å². The second kappa shape index (κ2) is 11.8. The van der Waals surface area contributed by atoms with Gasteiger partial charge in [0.2, 0.25) is 0 Å². The van der Waals surface area contributed by atoms with Gasteiger partial charge < -0.3 is 10.0 Å². The molecule has 2 saturated heterocycles. The van der Waals surface area contributed by atoms with Crippen LogP contribution in [0.5, 0.6) is 0 Å². The molecule has 6 nitrogen and oxygen atoms in total. The second-order valence-electron chi connectivity index (χ2n) is 11.7. The predicted octanol–water partition coefficient (Wildman–Crippen LogP) is 5.42. The Labute approximate surface area is 233 Å². The second-order valence-corrected chi connectivity index (χ2v) is 12.8. The van der Waals surface area contributed by atoms with Crippen LogP contribution in [0.3, 0.4) is 0 Å². The summed E-state index contributed by atoms with van der Waals surface area (Å²) in [6, 6.07) is 10.6. The fourth-order valence-electron chi connectivity index (χ4n) is 6.54. The maximum absolute atomic E-state index is 14.2. The topological polar surface area (TPSA) is 69.6 Å². The van der Waals surface area contributed by atoms with Gasteiger partial charge in [0.25, 0.3) is 0 Å². The molecule has 39 heavy (non-hydrogen) atoms. The van der Waals surface area contributed by atoms with E-state index in [2.05, 4.69) is 27.0 Å². The molecule has 3 aromatic rings. The zero-order valence-corrected chi connectivity index (χ0v) is 23.1. The molecule has 2 aromatic heterocycles. The number of nitrogens with zero attached hydrogens (tertiary/aromatic N) is 4. The van der Waals surface area contributed by atoms with Crippen LogP contribution in [0.2, 0.25) is 0 Å². The summed E-state index contributed by atoms with van der Waals surface area (Å²) < 4.78 is 14.2. The molecule has 6 rings (SSSR count).